The van der Waals surface area contributed by atoms with E-state index in [9.17, 15) is 18.0 Å². The molecule has 3 N–H and O–H groups in total. The minimum atomic E-state index is -2.75. The van der Waals surface area contributed by atoms with Gasteiger partial charge in [0.2, 0.25) is 0 Å². The largest absolute Gasteiger partial charge is 0.382 e. The van der Waals surface area contributed by atoms with Crippen LogP contribution in [0.25, 0.3) is 33.7 Å². The van der Waals surface area contributed by atoms with Crippen LogP contribution in [-0.2, 0) is 13.1 Å². The first-order chi connectivity index (χ1) is 15.4. The molecule has 32 heavy (non-hydrogen) atoms. The molecule has 0 radical (unpaired) electrons. The van der Waals surface area contributed by atoms with Crippen molar-refractivity contribution in [1.82, 2.24) is 34.3 Å². The van der Waals surface area contributed by atoms with Crippen LogP contribution in [0.15, 0.2) is 47.4 Å². The molecule has 0 unspecified atom stereocenters. The Morgan fingerprint density at radius 3 is 2.72 bits per heavy atom. The molecule has 0 fully saturated rings. The van der Waals surface area contributed by atoms with Crippen LogP contribution < -0.4 is 11.4 Å². The number of aromatic amines is 1. The molecule has 0 atom stereocenters. The Hall–Kier alpha value is -4.22. The number of pyridine rings is 1. The highest BCUT2D eigenvalue weighted by atomic mass is 19.3. The van der Waals surface area contributed by atoms with Crippen molar-refractivity contribution in [2.45, 2.75) is 19.5 Å². The average molecular weight is 440 g/mol. The molecular weight excluding hydrogens is 425 g/mol. The second-order valence-corrected chi connectivity index (χ2v) is 7.03. The zero-order valence-electron chi connectivity index (χ0n) is 16.3. The van der Waals surface area contributed by atoms with E-state index in [4.69, 9.17) is 5.73 Å². The predicted molar refractivity (Wildman–Crippen MR) is 111 cm³/mol. The number of imidazole rings is 1. The quantitative estimate of drug-likeness (QED) is 0.433. The lowest BCUT2D eigenvalue weighted by Crippen LogP contribution is -2.21. The van der Waals surface area contributed by atoms with E-state index in [0.717, 1.165) is 4.57 Å². The Morgan fingerprint density at radius 2 is 1.94 bits per heavy atom. The van der Waals surface area contributed by atoms with Gasteiger partial charge in [0.15, 0.2) is 22.9 Å². The number of alkyl halides is 2. The summed E-state index contributed by atoms with van der Waals surface area (Å²) < 4.78 is 42.2. The van der Waals surface area contributed by atoms with E-state index in [0.29, 0.717) is 22.3 Å². The highest BCUT2D eigenvalue weighted by molar-refractivity contribution is 5.91. The Morgan fingerprint density at radius 1 is 1.12 bits per heavy atom. The van der Waals surface area contributed by atoms with Crippen molar-refractivity contribution in [2.24, 2.45) is 0 Å². The average Bonchev–Trinajstić information content (AvgIpc) is 3.27. The molecule has 0 aliphatic heterocycles. The highest BCUT2D eigenvalue weighted by Crippen LogP contribution is 2.27. The maximum absolute atomic E-state index is 14.2. The fourth-order valence-corrected chi connectivity index (χ4v) is 3.59. The van der Waals surface area contributed by atoms with Crippen LogP contribution in [0.2, 0.25) is 0 Å². The van der Waals surface area contributed by atoms with E-state index in [1.54, 1.807) is 36.5 Å². The standard InChI is InChI=1S/C20H15F3N8O/c21-12-6-2-1-4-10(12)8-31-19-11(5-3-7-25-19)14(29-31)17-26-16(24)15-18(27-17)28-20(32)30(15)9-13(22)23/h1-7,13H,8-9H2,(H3,24,26,27,28,32). The van der Waals surface area contributed by atoms with E-state index >= 15 is 0 Å². The number of fused-ring (bicyclic) bond motifs is 2. The number of aromatic nitrogens is 7. The molecule has 0 aliphatic carbocycles. The second-order valence-electron chi connectivity index (χ2n) is 7.03. The van der Waals surface area contributed by atoms with Crippen molar-refractivity contribution in [3.05, 3.63) is 64.5 Å². The summed E-state index contributed by atoms with van der Waals surface area (Å²) in [5.41, 5.74) is 6.43. The Bertz CT molecular complexity index is 1520. The Labute approximate surface area is 177 Å². The molecule has 5 rings (SSSR count). The Balaban J connectivity index is 1.67. The van der Waals surface area contributed by atoms with Gasteiger partial charge in [-0.1, -0.05) is 18.2 Å². The molecule has 0 amide bonds. The monoisotopic (exact) mass is 440 g/mol. The maximum atomic E-state index is 14.2. The van der Waals surface area contributed by atoms with Crippen molar-refractivity contribution in [1.29, 1.82) is 0 Å². The van der Waals surface area contributed by atoms with Gasteiger partial charge in [0, 0.05) is 11.8 Å². The van der Waals surface area contributed by atoms with E-state index in [-0.39, 0.29) is 35.2 Å². The SMILES string of the molecule is Nc1nc(-c2nn(Cc3ccccc3F)c3ncccc23)nc2[nH]c(=O)n(CC(F)F)c12. The third-order valence-electron chi connectivity index (χ3n) is 4.97. The molecule has 0 bridgehead atoms. The number of benzene rings is 1. The van der Waals surface area contributed by atoms with Gasteiger partial charge in [0.05, 0.1) is 18.5 Å². The van der Waals surface area contributed by atoms with E-state index in [2.05, 4.69) is 25.0 Å². The number of anilines is 1. The van der Waals surface area contributed by atoms with E-state index in [1.807, 2.05) is 0 Å². The van der Waals surface area contributed by atoms with Gasteiger partial charge < -0.3 is 5.73 Å². The smallest absolute Gasteiger partial charge is 0.327 e. The third-order valence-corrected chi connectivity index (χ3v) is 4.97. The first-order valence-electron chi connectivity index (χ1n) is 9.52. The Kier molecular flexibility index (Phi) is 4.61. The number of hydrogen-bond donors (Lipinski definition) is 2. The van der Waals surface area contributed by atoms with Gasteiger partial charge in [-0.05, 0) is 18.2 Å². The molecule has 0 saturated carbocycles. The lowest BCUT2D eigenvalue weighted by atomic mass is 10.2. The summed E-state index contributed by atoms with van der Waals surface area (Å²) in [5, 5.41) is 5.09. The number of nitrogens with two attached hydrogens (primary N) is 1. The summed E-state index contributed by atoms with van der Waals surface area (Å²) in [5.74, 6) is -0.455. The van der Waals surface area contributed by atoms with Crippen LogP contribution >= 0.6 is 0 Å². The number of H-pyrrole nitrogens is 1. The number of halogens is 3. The fourth-order valence-electron chi connectivity index (χ4n) is 3.59. The van der Waals surface area contributed by atoms with E-state index in [1.165, 1.54) is 10.7 Å². The molecule has 4 aromatic heterocycles. The van der Waals surface area contributed by atoms with Crippen molar-refractivity contribution in [2.75, 3.05) is 5.73 Å². The molecular formula is C20H15F3N8O. The van der Waals surface area contributed by atoms with Crippen LogP contribution in [0.5, 0.6) is 0 Å². The van der Waals surface area contributed by atoms with Gasteiger partial charge in [-0.15, -0.1) is 0 Å². The molecule has 4 heterocycles. The topological polar surface area (TPSA) is 120 Å². The molecule has 162 valence electrons. The number of hydrogen-bond acceptors (Lipinski definition) is 6. The van der Waals surface area contributed by atoms with Gasteiger partial charge in [-0.25, -0.2) is 37.6 Å². The van der Waals surface area contributed by atoms with Crippen LogP contribution in [0.4, 0.5) is 19.0 Å². The fraction of sp³-hybridized carbons (Fsp3) is 0.150. The third kappa shape index (κ3) is 3.25. The maximum Gasteiger partial charge on any atom is 0.327 e. The van der Waals surface area contributed by atoms with Crippen LogP contribution in [-0.4, -0.2) is 40.7 Å². The zero-order valence-corrected chi connectivity index (χ0v) is 16.3. The molecule has 0 aliphatic rings. The summed E-state index contributed by atoms with van der Waals surface area (Å²) in [6.45, 7) is -0.727. The molecule has 9 nitrogen and oxygen atoms in total. The normalized spacial score (nSPS) is 11.8. The van der Waals surface area contributed by atoms with E-state index < -0.39 is 18.7 Å². The van der Waals surface area contributed by atoms with Crippen molar-refractivity contribution < 1.29 is 13.2 Å². The van der Waals surface area contributed by atoms with Crippen molar-refractivity contribution in [3.8, 4) is 11.5 Å². The summed E-state index contributed by atoms with van der Waals surface area (Å²) >= 11 is 0. The van der Waals surface area contributed by atoms with Gasteiger partial charge >= 0.3 is 5.69 Å². The summed E-state index contributed by atoms with van der Waals surface area (Å²) in [4.78, 5) is 27.4. The number of rotatable bonds is 5. The van der Waals surface area contributed by atoms with Crippen LogP contribution in [0.3, 0.4) is 0 Å². The van der Waals surface area contributed by atoms with Crippen molar-refractivity contribution >= 4 is 28.0 Å². The first kappa shape index (κ1) is 19.7. The summed E-state index contributed by atoms with van der Waals surface area (Å²) in [6, 6.07) is 9.75. The summed E-state index contributed by atoms with van der Waals surface area (Å²) in [6.07, 6.45) is -1.18. The lowest BCUT2D eigenvalue weighted by Gasteiger charge is -2.05. The molecule has 0 spiro atoms. The van der Waals surface area contributed by atoms with Gasteiger partial charge in [0.1, 0.15) is 17.0 Å². The lowest BCUT2D eigenvalue weighted by molar-refractivity contribution is 0.127. The minimum absolute atomic E-state index is 0.00716. The molecule has 1 aromatic carbocycles. The molecule has 0 saturated heterocycles. The zero-order chi connectivity index (χ0) is 22.4. The number of nitrogen functional groups attached to an aromatic ring is 1. The summed E-state index contributed by atoms with van der Waals surface area (Å²) in [7, 11) is 0. The van der Waals surface area contributed by atoms with Crippen LogP contribution in [0, 0.1) is 5.82 Å². The molecule has 5 aromatic rings. The predicted octanol–water partition coefficient (Wildman–Crippen LogP) is 2.57. The first-order valence-corrected chi connectivity index (χ1v) is 9.52. The van der Waals surface area contributed by atoms with Gasteiger partial charge in [-0.3, -0.25) is 9.55 Å². The van der Waals surface area contributed by atoms with Gasteiger partial charge in [0.25, 0.3) is 6.43 Å². The van der Waals surface area contributed by atoms with Crippen LogP contribution in [0.1, 0.15) is 5.56 Å². The van der Waals surface area contributed by atoms with Gasteiger partial charge in [-0.2, -0.15) is 5.10 Å². The number of nitrogens with zero attached hydrogens (tertiary/aromatic N) is 6. The number of nitrogens with one attached hydrogen (secondary N) is 1. The highest BCUT2D eigenvalue weighted by Gasteiger charge is 2.21. The molecule has 12 heteroatoms. The van der Waals surface area contributed by atoms with Crippen molar-refractivity contribution in [3.63, 3.8) is 0 Å². The minimum Gasteiger partial charge on any atom is -0.382 e. The second kappa shape index (κ2) is 7.48.